The molecule has 2 N–H and O–H groups in total. The van der Waals surface area contributed by atoms with Gasteiger partial charge in [0.25, 0.3) is 0 Å². The molecule has 0 bridgehead atoms. The van der Waals surface area contributed by atoms with Crippen molar-refractivity contribution in [2.75, 3.05) is 20.1 Å². The summed E-state index contributed by atoms with van der Waals surface area (Å²) in [5.74, 6) is -1.02. The highest BCUT2D eigenvalue weighted by Gasteiger charge is 2.09. The quantitative estimate of drug-likeness (QED) is 0.832. The van der Waals surface area contributed by atoms with Crippen molar-refractivity contribution in [3.63, 3.8) is 0 Å². The van der Waals surface area contributed by atoms with Crippen molar-refractivity contribution in [1.29, 1.82) is 0 Å². The average Bonchev–Trinajstić information content (AvgIpc) is 2.26. The van der Waals surface area contributed by atoms with Crippen molar-refractivity contribution in [1.82, 2.24) is 4.90 Å². The van der Waals surface area contributed by atoms with Crippen molar-refractivity contribution in [3.8, 4) is 0 Å². The fourth-order valence-electron chi connectivity index (χ4n) is 1.42. The van der Waals surface area contributed by atoms with E-state index in [1.54, 1.807) is 0 Å². The van der Waals surface area contributed by atoms with E-state index in [9.17, 15) is 8.78 Å². The molecule has 0 radical (unpaired) electrons. The van der Waals surface area contributed by atoms with Crippen molar-refractivity contribution in [2.45, 2.75) is 19.4 Å². The molecule has 1 unspecified atom stereocenters. The Labute approximate surface area is 95.1 Å². The van der Waals surface area contributed by atoms with Gasteiger partial charge in [-0.15, -0.1) is 0 Å². The maximum Gasteiger partial charge on any atom is 0.129 e. The van der Waals surface area contributed by atoms with Gasteiger partial charge >= 0.3 is 0 Å². The van der Waals surface area contributed by atoms with Crippen molar-refractivity contribution in [3.05, 3.63) is 35.4 Å². The van der Waals surface area contributed by atoms with Gasteiger partial charge in [0.15, 0.2) is 0 Å². The van der Waals surface area contributed by atoms with E-state index < -0.39 is 11.6 Å². The third-order valence-electron chi connectivity index (χ3n) is 2.84. The number of halogens is 2. The number of nitrogens with two attached hydrogens (primary N) is 1. The van der Waals surface area contributed by atoms with E-state index in [1.165, 1.54) is 12.1 Å². The topological polar surface area (TPSA) is 29.3 Å². The van der Waals surface area contributed by atoms with Gasteiger partial charge in [-0.1, -0.05) is 6.07 Å². The standard InChI is InChI=1S/C12H18F2N2/c1-9(8-15)16(2)6-5-10-3-4-11(13)7-12(10)14/h3-4,7,9H,5-6,8,15H2,1-2H3. The van der Waals surface area contributed by atoms with Crippen LogP contribution in [0.25, 0.3) is 0 Å². The molecule has 4 heteroatoms. The zero-order chi connectivity index (χ0) is 12.1. The predicted octanol–water partition coefficient (Wildman–Crippen LogP) is 1.79. The van der Waals surface area contributed by atoms with Gasteiger partial charge < -0.3 is 10.6 Å². The zero-order valence-corrected chi connectivity index (χ0v) is 9.71. The van der Waals surface area contributed by atoms with Crippen LogP contribution in [0.5, 0.6) is 0 Å². The molecule has 0 saturated heterocycles. The molecular formula is C12H18F2N2. The highest BCUT2D eigenvalue weighted by atomic mass is 19.1. The molecule has 16 heavy (non-hydrogen) atoms. The van der Waals surface area contributed by atoms with Crippen LogP contribution >= 0.6 is 0 Å². The zero-order valence-electron chi connectivity index (χ0n) is 9.71. The molecule has 0 spiro atoms. The monoisotopic (exact) mass is 228 g/mol. The van der Waals surface area contributed by atoms with Crippen molar-refractivity contribution in [2.24, 2.45) is 5.73 Å². The van der Waals surface area contributed by atoms with E-state index in [0.29, 0.717) is 25.1 Å². The first-order valence-electron chi connectivity index (χ1n) is 5.39. The summed E-state index contributed by atoms with van der Waals surface area (Å²) in [5, 5.41) is 0. The summed E-state index contributed by atoms with van der Waals surface area (Å²) < 4.78 is 26.0. The first kappa shape index (κ1) is 13.1. The molecule has 0 aliphatic carbocycles. The number of nitrogens with zero attached hydrogens (tertiary/aromatic N) is 1. The highest BCUT2D eigenvalue weighted by Crippen LogP contribution is 2.10. The highest BCUT2D eigenvalue weighted by molar-refractivity contribution is 5.18. The van der Waals surface area contributed by atoms with Gasteiger partial charge in [0.2, 0.25) is 0 Å². The van der Waals surface area contributed by atoms with Gasteiger partial charge in [-0.25, -0.2) is 8.78 Å². The SMILES string of the molecule is CC(CN)N(C)CCc1ccc(F)cc1F. The Morgan fingerprint density at radius 1 is 1.38 bits per heavy atom. The van der Waals surface area contributed by atoms with Crippen LogP contribution in [-0.2, 0) is 6.42 Å². The molecule has 0 aliphatic heterocycles. The molecule has 1 atom stereocenters. The first-order chi connectivity index (χ1) is 7.54. The largest absolute Gasteiger partial charge is 0.329 e. The van der Waals surface area contributed by atoms with Gasteiger partial charge in [-0.3, -0.25) is 0 Å². The van der Waals surface area contributed by atoms with Crippen LogP contribution in [0.2, 0.25) is 0 Å². The Morgan fingerprint density at radius 2 is 2.06 bits per heavy atom. The number of hydrogen-bond donors (Lipinski definition) is 1. The number of rotatable bonds is 5. The molecule has 90 valence electrons. The fourth-order valence-corrected chi connectivity index (χ4v) is 1.42. The van der Waals surface area contributed by atoms with Gasteiger partial charge in [-0.05, 0) is 32.0 Å². The van der Waals surface area contributed by atoms with E-state index in [2.05, 4.69) is 4.90 Å². The van der Waals surface area contributed by atoms with E-state index in [0.717, 1.165) is 6.07 Å². The molecule has 0 saturated carbocycles. The molecule has 1 aromatic carbocycles. The van der Waals surface area contributed by atoms with Gasteiger partial charge in [0, 0.05) is 25.2 Å². The minimum atomic E-state index is -0.537. The van der Waals surface area contributed by atoms with E-state index in [4.69, 9.17) is 5.73 Å². The summed E-state index contributed by atoms with van der Waals surface area (Å²) in [6, 6.07) is 3.96. The lowest BCUT2D eigenvalue weighted by Gasteiger charge is -2.23. The first-order valence-corrected chi connectivity index (χ1v) is 5.39. The molecule has 2 nitrogen and oxygen atoms in total. The van der Waals surface area contributed by atoms with E-state index in [1.807, 2.05) is 14.0 Å². The maximum atomic E-state index is 13.3. The Bertz CT molecular complexity index is 342. The summed E-state index contributed by atoms with van der Waals surface area (Å²) in [7, 11) is 1.94. The normalized spacial score (nSPS) is 13.1. The lowest BCUT2D eigenvalue weighted by atomic mass is 10.1. The number of likely N-dealkylation sites (N-methyl/N-ethyl adjacent to an activating group) is 1. The van der Waals surface area contributed by atoms with Crippen LogP contribution in [0.4, 0.5) is 8.78 Å². The van der Waals surface area contributed by atoms with Gasteiger partial charge in [0.1, 0.15) is 11.6 Å². The molecule has 0 aliphatic rings. The Balaban J connectivity index is 2.54. The maximum absolute atomic E-state index is 13.3. The Morgan fingerprint density at radius 3 is 2.62 bits per heavy atom. The average molecular weight is 228 g/mol. The third kappa shape index (κ3) is 3.54. The molecule has 1 aromatic rings. The van der Waals surface area contributed by atoms with Gasteiger partial charge in [-0.2, -0.15) is 0 Å². The molecule has 0 aromatic heterocycles. The van der Waals surface area contributed by atoms with Crippen LogP contribution in [-0.4, -0.2) is 31.1 Å². The number of hydrogen-bond acceptors (Lipinski definition) is 2. The summed E-state index contributed by atoms with van der Waals surface area (Å²) in [5.41, 5.74) is 6.07. The second-order valence-electron chi connectivity index (χ2n) is 4.05. The number of benzene rings is 1. The van der Waals surface area contributed by atoms with Crippen LogP contribution in [0.1, 0.15) is 12.5 Å². The van der Waals surface area contributed by atoms with Crippen LogP contribution in [0, 0.1) is 11.6 Å². The fraction of sp³-hybridized carbons (Fsp3) is 0.500. The van der Waals surface area contributed by atoms with Gasteiger partial charge in [0.05, 0.1) is 0 Å². The lowest BCUT2D eigenvalue weighted by Crippen LogP contribution is -2.36. The summed E-state index contributed by atoms with van der Waals surface area (Å²) in [6.45, 7) is 3.30. The third-order valence-corrected chi connectivity index (χ3v) is 2.84. The summed E-state index contributed by atoms with van der Waals surface area (Å²) >= 11 is 0. The van der Waals surface area contributed by atoms with Crippen molar-refractivity contribution >= 4 is 0 Å². The minimum Gasteiger partial charge on any atom is -0.329 e. The second kappa shape index (κ2) is 5.92. The lowest BCUT2D eigenvalue weighted by molar-refractivity contribution is 0.265. The summed E-state index contributed by atoms with van der Waals surface area (Å²) in [4.78, 5) is 2.06. The van der Waals surface area contributed by atoms with Crippen molar-refractivity contribution < 1.29 is 8.78 Å². The van der Waals surface area contributed by atoms with Crippen LogP contribution in [0.15, 0.2) is 18.2 Å². The molecule has 0 amide bonds. The van der Waals surface area contributed by atoms with E-state index in [-0.39, 0.29) is 6.04 Å². The second-order valence-corrected chi connectivity index (χ2v) is 4.05. The minimum absolute atomic E-state index is 0.267. The molecular weight excluding hydrogens is 210 g/mol. The predicted molar refractivity (Wildman–Crippen MR) is 61.2 cm³/mol. The molecule has 0 heterocycles. The Kier molecular flexibility index (Phi) is 4.83. The summed E-state index contributed by atoms with van der Waals surface area (Å²) in [6.07, 6.45) is 0.562. The van der Waals surface area contributed by atoms with Crippen LogP contribution in [0.3, 0.4) is 0 Å². The smallest absolute Gasteiger partial charge is 0.129 e. The molecule has 0 fully saturated rings. The molecule has 1 rings (SSSR count). The Hall–Kier alpha value is -1.00. The van der Waals surface area contributed by atoms with Crippen LogP contribution < -0.4 is 5.73 Å². The van der Waals surface area contributed by atoms with E-state index >= 15 is 0 Å².